The molecule has 2 atom stereocenters. The third-order valence-corrected chi connectivity index (χ3v) is 7.38. The van der Waals surface area contributed by atoms with Crippen molar-refractivity contribution >= 4 is 28.6 Å². The molecule has 1 aliphatic heterocycles. The van der Waals surface area contributed by atoms with Crippen molar-refractivity contribution in [2.75, 3.05) is 6.54 Å². The molecule has 8 heteroatoms. The van der Waals surface area contributed by atoms with Gasteiger partial charge in [-0.05, 0) is 42.4 Å². The van der Waals surface area contributed by atoms with Gasteiger partial charge in [0.15, 0.2) is 0 Å². The van der Waals surface area contributed by atoms with Crippen LogP contribution in [0.2, 0.25) is 0 Å². The second-order valence-corrected chi connectivity index (χ2v) is 11.2. The Labute approximate surface area is 236 Å². The minimum Gasteiger partial charge on any atom is -0.354 e. The van der Waals surface area contributed by atoms with Gasteiger partial charge in [0.1, 0.15) is 6.04 Å². The third kappa shape index (κ3) is 8.42. The third-order valence-electron chi connectivity index (χ3n) is 7.38. The Morgan fingerprint density at radius 3 is 2.58 bits per heavy atom. The molecule has 0 spiro atoms. The van der Waals surface area contributed by atoms with E-state index in [-0.39, 0.29) is 36.7 Å². The van der Waals surface area contributed by atoms with Crippen LogP contribution in [-0.4, -0.2) is 34.9 Å². The number of amides is 3. The van der Waals surface area contributed by atoms with Crippen LogP contribution in [0.5, 0.6) is 0 Å². The highest BCUT2D eigenvalue weighted by molar-refractivity contribution is 5.92. The van der Waals surface area contributed by atoms with Crippen molar-refractivity contribution in [1.29, 1.82) is 0 Å². The lowest BCUT2D eigenvalue weighted by Gasteiger charge is -2.23. The van der Waals surface area contributed by atoms with Crippen molar-refractivity contribution in [2.45, 2.75) is 78.0 Å². The average Bonchev–Trinajstić information content (AvgIpc) is 3.29. The maximum Gasteiger partial charge on any atom is 0.244 e. The number of rotatable bonds is 9. The largest absolute Gasteiger partial charge is 0.354 e. The molecule has 1 aromatic heterocycles. The average molecular weight is 547 g/mol. The lowest BCUT2D eigenvalue weighted by atomic mass is 9.92. The molecular formula is C32H42N4O4. The highest BCUT2D eigenvalue weighted by Crippen LogP contribution is 2.24. The summed E-state index contributed by atoms with van der Waals surface area (Å²) in [7, 11) is 0. The normalized spacial score (nSPS) is 17.3. The topological polar surface area (TPSA) is 101 Å². The first-order valence-electron chi connectivity index (χ1n) is 14.5. The molecule has 2 heterocycles. The van der Waals surface area contributed by atoms with Crippen LogP contribution in [0.15, 0.2) is 60.8 Å². The summed E-state index contributed by atoms with van der Waals surface area (Å²) >= 11 is 0. The molecule has 0 unspecified atom stereocenters. The summed E-state index contributed by atoms with van der Waals surface area (Å²) in [4.78, 5) is 45.0. The van der Waals surface area contributed by atoms with Crippen LogP contribution >= 0.6 is 0 Å². The number of nitrogens with one attached hydrogen (secondary N) is 3. The molecule has 2 bridgehead atoms. The maximum atomic E-state index is 13.6. The summed E-state index contributed by atoms with van der Waals surface area (Å²) in [5.74, 6) is -1.23. The van der Waals surface area contributed by atoms with Gasteiger partial charge in [-0.1, -0.05) is 75.2 Å². The summed E-state index contributed by atoms with van der Waals surface area (Å²) in [6, 6.07) is 17.0. The van der Waals surface area contributed by atoms with E-state index in [1.807, 2.05) is 56.3 Å². The fraction of sp³-hybridized carbons (Fsp3) is 0.469. The number of hydroxylamine groups is 1. The molecule has 4 rings (SSSR count). The summed E-state index contributed by atoms with van der Waals surface area (Å²) in [5.41, 5.74) is 5.58. The number of carbonyl (C=O) groups is 3. The summed E-state index contributed by atoms with van der Waals surface area (Å²) in [6.07, 6.45) is 7.14. The molecule has 0 aliphatic carbocycles. The van der Waals surface area contributed by atoms with Crippen molar-refractivity contribution in [3.63, 3.8) is 0 Å². The zero-order valence-electron chi connectivity index (χ0n) is 23.7. The first-order valence-corrected chi connectivity index (χ1v) is 14.5. The molecule has 40 heavy (non-hydrogen) atoms. The summed E-state index contributed by atoms with van der Waals surface area (Å²) in [6.45, 7) is 5.79. The number of hydrogen-bond donors (Lipinski definition) is 3. The van der Waals surface area contributed by atoms with E-state index in [0.29, 0.717) is 19.4 Å². The molecule has 0 radical (unpaired) electrons. The molecule has 214 valence electrons. The SMILES string of the molecule is CC(C)C[C@H](CC(=O)NOCc1ccccc1)C(=O)N[C@H]1Cc2cn(c3ccccc23)CCCCCCNC1=O. The number of aromatic nitrogens is 1. The molecule has 3 N–H and O–H groups in total. The van der Waals surface area contributed by atoms with Crippen LogP contribution in [-0.2, 0) is 38.8 Å². The Morgan fingerprint density at radius 2 is 1.77 bits per heavy atom. The quantitative estimate of drug-likeness (QED) is 0.340. The van der Waals surface area contributed by atoms with Crippen molar-refractivity contribution in [1.82, 2.24) is 20.7 Å². The van der Waals surface area contributed by atoms with Crippen molar-refractivity contribution in [3.8, 4) is 0 Å². The van der Waals surface area contributed by atoms with E-state index in [4.69, 9.17) is 4.84 Å². The van der Waals surface area contributed by atoms with Gasteiger partial charge in [0.05, 0.1) is 6.61 Å². The monoisotopic (exact) mass is 546 g/mol. The smallest absolute Gasteiger partial charge is 0.244 e. The van der Waals surface area contributed by atoms with E-state index in [2.05, 4.69) is 39.0 Å². The minimum atomic E-state index is -0.737. The molecule has 8 nitrogen and oxygen atoms in total. The Hall–Kier alpha value is -3.65. The Morgan fingerprint density at radius 1 is 1.02 bits per heavy atom. The summed E-state index contributed by atoms with van der Waals surface area (Å²) < 4.78 is 2.26. The van der Waals surface area contributed by atoms with E-state index in [0.717, 1.165) is 54.3 Å². The number of benzene rings is 2. The second-order valence-electron chi connectivity index (χ2n) is 11.2. The summed E-state index contributed by atoms with van der Waals surface area (Å²) in [5, 5.41) is 7.14. The Balaban J connectivity index is 1.46. The number of hydrogen-bond acceptors (Lipinski definition) is 4. The predicted octanol–water partition coefficient (Wildman–Crippen LogP) is 4.66. The van der Waals surface area contributed by atoms with Crippen molar-refractivity contribution in [3.05, 3.63) is 71.9 Å². The second kappa shape index (κ2) is 14.7. The lowest BCUT2D eigenvalue weighted by molar-refractivity contribution is -0.139. The number of nitrogens with zero attached hydrogens (tertiary/aromatic N) is 1. The van der Waals surface area contributed by atoms with Crippen LogP contribution in [0.3, 0.4) is 0 Å². The zero-order chi connectivity index (χ0) is 28.3. The molecule has 0 fully saturated rings. The zero-order valence-corrected chi connectivity index (χ0v) is 23.7. The molecule has 1 aliphatic rings. The fourth-order valence-electron chi connectivity index (χ4n) is 5.38. The molecule has 3 amide bonds. The molecule has 0 saturated carbocycles. The standard InChI is InChI=1S/C32H42N4O4/c1-23(2)18-25(20-30(37)35-40-22-24-12-6-5-7-13-24)31(38)34-28-19-26-21-36(29-15-9-8-14-27(26)29)17-11-4-3-10-16-33-32(28)39/h5-9,12-15,21,23,25,28H,3-4,10-11,16-20,22H2,1-2H3,(H,33,39)(H,34,38)(H,35,37)/t25-,28+/m1/s1. The molecular weight excluding hydrogens is 504 g/mol. The van der Waals surface area contributed by atoms with Crippen LogP contribution in [0, 0.1) is 11.8 Å². The Kier molecular flexibility index (Phi) is 10.7. The molecule has 3 aromatic rings. The van der Waals surface area contributed by atoms with Crippen LogP contribution in [0.4, 0.5) is 0 Å². The van der Waals surface area contributed by atoms with Gasteiger partial charge in [0.2, 0.25) is 17.7 Å². The number of carbonyl (C=O) groups excluding carboxylic acids is 3. The first kappa shape index (κ1) is 29.3. The minimum absolute atomic E-state index is 0.0214. The molecule has 2 aromatic carbocycles. The van der Waals surface area contributed by atoms with E-state index < -0.39 is 12.0 Å². The van der Waals surface area contributed by atoms with E-state index >= 15 is 0 Å². The highest BCUT2D eigenvalue weighted by Gasteiger charge is 2.29. The van der Waals surface area contributed by atoms with Crippen molar-refractivity contribution < 1.29 is 19.2 Å². The van der Waals surface area contributed by atoms with Gasteiger partial charge >= 0.3 is 0 Å². The van der Waals surface area contributed by atoms with Crippen LogP contribution < -0.4 is 16.1 Å². The van der Waals surface area contributed by atoms with Crippen LogP contribution in [0.25, 0.3) is 10.9 Å². The predicted molar refractivity (Wildman–Crippen MR) is 156 cm³/mol. The van der Waals surface area contributed by atoms with Crippen LogP contribution in [0.1, 0.15) is 63.5 Å². The maximum absolute atomic E-state index is 13.6. The number of para-hydroxylation sites is 1. The lowest BCUT2D eigenvalue weighted by Crippen LogP contribution is -2.50. The molecule has 0 saturated heterocycles. The fourth-order valence-corrected chi connectivity index (χ4v) is 5.38. The first-order chi connectivity index (χ1) is 19.4. The van der Waals surface area contributed by atoms with Gasteiger partial charge in [0.25, 0.3) is 0 Å². The Bertz CT molecular complexity index is 1270. The number of aryl methyl sites for hydroxylation is 1. The van der Waals surface area contributed by atoms with E-state index in [1.54, 1.807) is 0 Å². The number of fused-ring (bicyclic) bond motifs is 5. The van der Waals surface area contributed by atoms with Gasteiger partial charge in [-0.15, -0.1) is 0 Å². The van der Waals surface area contributed by atoms with Gasteiger partial charge in [-0.25, -0.2) is 5.48 Å². The van der Waals surface area contributed by atoms with E-state index in [9.17, 15) is 14.4 Å². The van der Waals surface area contributed by atoms with E-state index in [1.165, 1.54) is 0 Å². The van der Waals surface area contributed by atoms with Gasteiger partial charge in [-0.3, -0.25) is 19.2 Å². The van der Waals surface area contributed by atoms with Gasteiger partial charge < -0.3 is 15.2 Å². The van der Waals surface area contributed by atoms with Gasteiger partial charge in [-0.2, -0.15) is 0 Å². The van der Waals surface area contributed by atoms with Crippen molar-refractivity contribution in [2.24, 2.45) is 11.8 Å². The van der Waals surface area contributed by atoms with Gasteiger partial charge in [0, 0.05) is 48.9 Å². The highest BCUT2D eigenvalue weighted by atomic mass is 16.6.